The SMILES string of the molecule is C=Cc1ccc2c(c1)CCC(CC(F)(F)F)N2S(=O)(=O)c1ccc(OCC2CCOCC2)c(C(=O)O)c1. The lowest BCUT2D eigenvalue weighted by Gasteiger charge is -2.38. The Kier molecular flexibility index (Phi) is 7.84. The van der Waals surface area contributed by atoms with E-state index in [1.165, 1.54) is 18.2 Å². The van der Waals surface area contributed by atoms with Crippen molar-refractivity contribution in [1.29, 1.82) is 0 Å². The van der Waals surface area contributed by atoms with Gasteiger partial charge in [0.1, 0.15) is 11.3 Å². The average molecular weight is 540 g/mol. The lowest BCUT2D eigenvalue weighted by molar-refractivity contribution is -0.138. The molecule has 1 saturated heterocycles. The molecule has 0 aromatic heterocycles. The van der Waals surface area contributed by atoms with Gasteiger partial charge in [0.15, 0.2) is 0 Å². The second kappa shape index (κ2) is 10.7. The first kappa shape index (κ1) is 27.0. The zero-order valence-corrected chi connectivity index (χ0v) is 20.9. The molecule has 2 heterocycles. The predicted octanol–water partition coefficient (Wildman–Crippen LogP) is 5.30. The molecule has 200 valence electrons. The number of rotatable bonds is 8. The number of ether oxygens (including phenoxy) is 2. The Bertz CT molecular complexity index is 1270. The minimum atomic E-state index is -4.59. The Labute approximate surface area is 213 Å². The minimum Gasteiger partial charge on any atom is -0.492 e. The lowest BCUT2D eigenvalue weighted by Crippen LogP contribution is -2.45. The van der Waals surface area contributed by atoms with Crippen LogP contribution in [0.1, 0.15) is 47.2 Å². The molecule has 0 radical (unpaired) electrons. The number of anilines is 1. The summed E-state index contributed by atoms with van der Waals surface area (Å²) >= 11 is 0. The first-order valence-electron chi connectivity index (χ1n) is 11.9. The van der Waals surface area contributed by atoms with Crippen LogP contribution in [0.5, 0.6) is 5.75 Å². The molecule has 2 aromatic rings. The van der Waals surface area contributed by atoms with E-state index in [1.54, 1.807) is 18.2 Å². The summed E-state index contributed by atoms with van der Waals surface area (Å²) in [6, 6.07) is 6.76. The predicted molar refractivity (Wildman–Crippen MR) is 131 cm³/mol. The van der Waals surface area contributed by atoms with Gasteiger partial charge in [-0.2, -0.15) is 13.2 Å². The number of carboxylic acids is 1. The number of carbonyl (C=O) groups is 1. The van der Waals surface area contributed by atoms with Crippen LogP contribution in [-0.4, -0.2) is 51.5 Å². The van der Waals surface area contributed by atoms with E-state index in [0.29, 0.717) is 24.3 Å². The maximum atomic E-state index is 13.8. The number of carboxylic acid groups (broad SMARTS) is 1. The second-order valence-electron chi connectivity index (χ2n) is 9.23. The van der Waals surface area contributed by atoms with E-state index in [4.69, 9.17) is 9.47 Å². The number of aryl methyl sites for hydroxylation is 1. The number of nitrogens with zero attached hydrogens (tertiary/aromatic N) is 1. The van der Waals surface area contributed by atoms with Crippen molar-refractivity contribution in [2.75, 3.05) is 24.1 Å². The van der Waals surface area contributed by atoms with E-state index in [-0.39, 0.29) is 42.4 Å². The average Bonchev–Trinajstić information content (AvgIpc) is 2.86. The molecule has 2 aromatic carbocycles. The summed E-state index contributed by atoms with van der Waals surface area (Å²) in [6.07, 6.45) is -2.60. The van der Waals surface area contributed by atoms with Crippen molar-refractivity contribution in [3.05, 3.63) is 59.7 Å². The maximum absolute atomic E-state index is 13.8. The van der Waals surface area contributed by atoms with Crippen LogP contribution < -0.4 is 9.04 Å². The van der Waals surface area contributed by atoms with Gasteiger partial charge in [-0.05, 0) is 73.1 Å². The van der Waals surface area contributed by atoms with E-state index >= 15 is 0 Å². The Morgan fingerprint density at radius 3 is 2.54 bits per heavy atom. The fourth-order valence-electron chi connectivity index (χ4n) is 4.76. The molecule has 1 atom stereocenters. The molecule has 0 spiro atoms. The third-order valence-corrected chi connectivity index (χ3v) is 8.54. The quantitative estimate of drug-likeness (QED) is 0.490. The van der Waals surface area contributed by atoms with Crippen LogP contribution in [0.2, 0.25) is 0 Å². The summed E-state index contributed by atoms with van der Waals surface area (Å²) in [5.74, 6) is -1.23. The van der Waals surface area contributed by atoms with Crippen LogP contribution in [0, 0.1) is 5.92 Å². The van der Waals surface area contributed by atoms with Crippen LogP contribution in [0.3, 0.4) is 0 Å². The first-order chi connectivity index (χ1) is 17.5. The number of alkyl halides is 3. The summed E-state index contributed by atoms with van der Waals surface area (Å²) in [7, 11) is -4.55. The molecule has 0 aliphatic carbocycles. The summed E-state index contributed by atoms with van der Waals surface area (Å²) < 4.78 is 79.6. The molecule has 0 saturated carbocycles. The Morgan fingerprint density at radius 1 is 1.16 bits per heavy atom. The molecule has 11 heteroatoms. The van der Waals surface area contributed by atoms with Crippen molar-refractivity contribution in [1.82, 2.24) is 0 Å². The van der Waals surface area contributed by atoms with Crippen molar-refractivity contribution in [2.45, 2.75) is 49.2 Å². The van der Waals surface area contributed by atoms with Gasteiger partial charge >= 0.3 is 12.1 Å². The molecule has 1 fully saturated rings. The van der Waals surface area contributed by atoms with Crippen LogP contribution in [0.15, 0.2) is 47.9 Å². The van der Waals surface area contributed by atoms with E-state index in [9.17, 15) is 31.5 Å². The van der Waals surface area contributed by atoms with Gasteiger partial charge in [-0.3, -0.25) is 4.31 Å². The fourth-order valence-corrected chi connectivity index (χ4v) is 6.50. The number of fused-ring (bicyclic) bond motifs is 1. The van der Waals surface area contributed by atoms with E-state index in [0.717, 1.165) is 23.2 Å². The van der Waals surface area contributed by atoms with Crippen LogP contribution in [0.25, 0.3) is 6.08 Å². The molecule has 1 N–H and O–H groups in total. The third-order valence-electron chi connectivity index (χ3n) is 6.68. The van der Waals surface area contributed by atoms with Crippen LogP contribution in [0.4, 0.5) is 18.9 Å². The van der Waals surface area contributed by atoms with E-state index < -0.39 is 39.5 Å². The second-order valence-corrected chi connectivity index (χ2v) is 11.0. The number of halogens is 3. The van der Waals surface area contributed by atoms with Gasteiger partial charge in [-0.25, -0.2) is 13.2 Å². The lowest BCUT2D eigenvalue weighted by atomic mass is 9.94. The largest absolute Gasteiger partial charge is 0.492 e. The molecule has 2 aliphatic heterocycles. The highest BCUT2D eigenvalue weighted by Gasteiger charge is 2.42. The van der Waals surface area contributed by atoms with Crippen molar-refractivity contribution < 1.29 is 41.0 Å². The summed E-state index contributed by atoms with van der Waals surface area (Å²) in [6.45, 7) is 5.10. The number of benzene rings is 2. The monoisotopic (exact) mass is 539 g/mol. The van der Waals surface area contributed by atoms with Gasteiger partial charge in [0.05, 0.1) is 29.7 Å². The van der Waals surface area contributed by atoms with Gasteiger partial charge in [0.25, 0.3) is 10.0 Å². The highest BCUT2D eigenvalue weighted by molar-refractivity contribution is 7.92. The number of sulfonamides is 1. The zero-order chi connectivity index (χ0) is 26.8. The normalized spacial score (nSPS) is 18.8. The van der Waals surface area contributed by atoms with Crippen LogP contribution in [-0.2, 0) is 21.2 Å². The van der Waals surface area contributed by atoms with Crippen molar-refractivity contribution in [3.8, 4) is 5.75 Å². The fraction of sp³-hybridized carbons (Fsp3) is 0.423. The summed E-state index contributed by atoms with van der Waals surface area (Å²) in [5, 5.41) is 9.76. The van der Waals surface area contributed by atoms with Gasteiger partial charge in [-0.15, -0.1) is 0 Å². The van der Waals surface area contributed by atoms with E-state index in [1.807, 2.05) is 0 Å². The molecular formula is C26H28F3NO6S. The molecular weight excluding hydrogens is 511 g/mol. The third kappa shape index (κ3) is 6.10. The molecule has 7 nitrogen and oxygen atoms in total. The van der Waals surface area contributed by atoms with Crippen LogP contribution >= 0.6 is 0 Å². The molecule has 0 amide bonds. The maximum Gasteiger partial charge on any atom is 0.391 e. The molecule has 0 bridgehead atoms. The standard InChI is InChI=1S/C26H28F3NO6S/c1-2-17-3-7-23-19(13-17)4-5-20(15-26(27,28)29)30(23)37(33,34)21-6-8-24(22(14-21)25(31)32)36-16-18-9-11-35-12-10-18/h2-3,6-8,13-14,18,20H,1,4-5,9-12,15-16H2,(H,31,32). The Balaban J connectivity index is 1.71. The van der Waals surface area contributed by atoms with Gasteiger partial charge < -0.3 is 14.6 Å². The summed E-state index contributed by atoms with van der Waals surface area (Å²) in [5.41, 5.74) is 1.06. The van der Waals surface area contributed by atoms with E-state index in [2.05, 4.69) is 6.58 Å². The highest BCUT2D eigenvalue weighted by Crippen LogP contribution is 2.40. The van der Waals surface area contributed by atoms with Gasteiger partial charge in [0.2, 0.25) is 0 Å². The molecule has 1 unspecified atom stereocenters. The van der Waals surface area contributed by atoms with Gasteiger partial charge in [-0.1, -0.05) is 18.7 Å². The zero-order valence-electron chi connectivity index (χ0n) is 20.0. The minimum absolute atomic E-state index is 0.000507. The number of aromatic carboxylic acids is 1. The topological polar surface area (TPSA) is 93.1 Å². The Morgan fingerprint density at radius 2 is 1.89 bits per heavy atom. The smallest absolute Gasteiger partial charge is 0.391 e. The van der Waals surface area contributed by atoms with Gasteiger partial charge in [0, 0.05) is 13.2 Å². The molecule has 37 heavy (non-hydrogen) atoms. The molecule has 2 aliphatic rings. The van der Waals surface area contributed by atoms with Crippen molar-refractivity contribution in [2.24, 2.45) is 5.92 Å². The Hall–Kier alpha value is -3.05. The number of hydrogen-bond acceptors (Lipinski definition) is 5. The molecule has 4 rings (SSSR count). The first-order valence-corrected chi connectivity index (χ1v) is 13.4. The van der Waals surface area contributed by atoms with Crippen molar-refractivity contribution in [3.63, 3.8) is 0 Å². The number of hydrogen-bond donors (Lipinski definition) is 1. The summed E-state index contributed by atoms with van der Waals surface area (Å²) in [4.78, 5) is 11.6. The highest BCUT2D eigenvalue weighted by atomic mass is 32.2. The van der Waals surface area contributed by atoms with Crippen molar-refractivity contribution >= 4 is 27.8 Å².